The summed E-state index contributed by atoms with van der Waals surface area (Å²) in [5, 5.41) is -0.0821. The van der Waals surface area contributed by atoms with Crippen LogP contribution in [0.4, 0.5) is 4.39 Å². The van der Waals surface area contributed by atoms with Gasteiger partial charge in [0.1, 0.15) is 11.7 Å². The Kier molecular flexibility index (Phi) is 4.52. The van der Waals surface area contributed by atoms with Gasteiger partial charge in [0.15, 0.2) is 0 Å². The summed E-state index contributed by atoms with van der Waals surface area (Å²) < 4.78 is 13.0. The van der Waals surface area contributed by atoms with Gasteiger partial charge >= 0.3 is 0 Å². The monoisotopic (exact) mass is 264 g/mol. The SMILES string of the molecule is O=C(CCl)NNC(=O)c1ccc(Cl)c(F)c1. The predicted octanol–water partition coefficient (Wildman–Crippen LogP) is 1.48. The number of hydrogen-bond donors (Lipinski definition) is 2. The Bertz CT molecular complexity index is 426. The lowest BCUT2D eigenvalue weighted by molar-refractivity contribution is -0.119. The number of carbonyl (C=O) groups is 2. The van der Waals surface area contributed by atoms with E-state index in [4.69, 9.17) is 23.2 Å². The van der Waals surface area contributed by atoms with Crippen LogP contribution < -0.4 is 10.9 Å². The van der Waals surface area contributed by atoms with Crippen LogP contribution in [0, 0.1) is 5.82 Å². The molecule has 1 aromatic carbocycles. The van der Waals surface area contributed by atoms with E-state index in [2.05, 4.69) is 5.43 Å². The van der Waals surface area contributed by atoms with Crippen molar-refractivity contribution in [3.8, 4) is 0 Å². The zero-order valence-electron chi connectivity index (χ0n) is 7.89. The summed E-state index contributed by atoms with van der Waals surface area (Å²) in [4.78, 5) is 22.1. The van der Waals surface area contributed by atoms with Gasteiger partial charge in [-0.05, 0) is 18.2 Å². The molecular formula is C9H7Cl2FN2O2. The van der Waals surface area contributed by atoms with E-state index in [0.717, 1.165) is 6.07 Å². The van der Waals surface area contributed by atoms with Crippen LogP contribution in [0.25, 0.3) is 0 Å². The second kappa shape index (κ2) is 5.67. The Morgan fingerprint density at radius 2 is 2.00 bits per heavy atom. The molecule has 16 heavy (non-hydrogen) atoms. The largest absolute Gasteiger partial charge is 0.272 e. The van der Waals surface area contributed by atoms with Crippen LogP contribution in [0.2, 0.25) is 5.02 Å². The first-order chi connectivity index (χ1) is 7.54. The van der Waals surface area contributed by atoms with Crippen molar-refractivity contribution in [1.29, 1.82) is 0 Å². The maximum atomic E-state index is 13.0. The second-order valence-corrected chi connectivity index (χ2v) is 3.44. The molecule has 0 unspecified atom stereocenters. The van der Waals surface area contributed by atoms with Gasteiger partial charge in [-0.2, -0.15) is 0 Å². The van der Waals surface area contributed by atoms with E-state index in [1.54, 1.807) is 0 Å². The minimum Gasteiger partial charge on any atom is -0.272 e. The molecular weight excluding hydrogens is 258 g/mol. The quantitative estimate of drug-likeness (QED) is 0.628. The van der Waals surface area contributed by atoms with Crippen LogP contribution >= 0.6 is 23.2 Å². The van der Waals surface area contributed by atoms with Crippen LogP contribution in [0.1, 0.15) is 10.4 Å². The molecule has 86 valence electrons. The first kappa shape index (κ1) is 12.7. The first-order valence-electron chi connectivity index (χ1n) is 4.15. The molecule has 1 aromatic rings. The van der Waals surface area contributed by atoms with Crippen molar-refractivity contribution in [2.75, 3.05) is 5.88 Å². The molecule has 4 nitrogen and oxygen atoms in total. The normalized spacial score (nSPS) is 9.69. The molecule has 0 heterocycles. The van der Waals surface area contributed by atoms with Gasteiger partial charge < -0.3 is 0 Å². The zero-order valence-corrected chi connectivity index (χ0v) is 9.40. The molecule has 0 aromatic heterocycles. The van der Waals surface area contributed by atoms with E-state index in [1.807, 2.05) is 5.43 Å². The maximum Gasteiger partial charge on any atom is 0.269 e. The van der Waals surface area contributed by atoms with Crippen molar-refractivity contribution >= 4 is 35.0 Å². The van der Waals surface area contributed by atoms with E-state index in [-0.39, 0.29) is 16.5 Å². The molecule has 0 radical (unpaired) electrons. The van der Waals surface area contributed by atoms with E-state index in [9.17, 15) is 14.0 Å². The third kappa shape index (κ3) is 3.36. The molecule has 1 rings (SSSR count). The Morgan fingerprint density at radius 1 is 1.31 bits per heavy atom. The number of halogens is 3. The van der Waals surface area contributed by atoms with Crippen molar-refractivity contribution in [3.05, 3.63) is 34.6 Å². The second-order valence-electron chi connectivity index (χ2n) is 2.76. The molecule has 0 aliphatic rings. The number of hydrogen-bond acceptors (Lipinski definition) is 2. The minimum absolute atomic E-state index is 0.0387. The summed E-state index contributed by atoms with van der Waals surface area (Å²) in [6.07, 6.45) is 0. The van der Waals surface area contributed by atoms with E-state index < -0.39 is 17.6 Å². The van der Waals surface area contributed by atoms with Crippen LogP contribution in [0.5, 0.6) is 0 Å². The number of hydrazine groups is 1. The van der Waals surface area contributed by atoms with Crippen molar-refractivity contribution in [2.45, 2.75) is 0 Å². The van der Waals surface area contributed by atoms with Gasteiger partial charge in [-0.25, -0.2) is 4.39 Å². The highest BCUT2D eigenvalue weighted by Crippen LogP contribution is 2.15. The summed E-state index contributed by atoms with van der Waals surface area (Å²) in [6, 6.07) is 3.54. The Balaban J connectivity index is 2.66. The van der Waals surface area contributed by atoms with Crippen LogP contribution in [-0.4, -0.2) is 17.7 Å². The lowest BCUT2D eigenvalue weighted by Gasteiger charge is -2.05. The number of nitrogens with one attached hydrogen (secondary N) is 2. The van der Waals surface area contributed by atoms with Crippen molar-refractivity contribution in [2.24, 2.45) is 0 Å². The van der Waals surface area contributed by atoms with Gasteiger partial charge in [0.25, 0.3) is 11.8 Å². The first-order valence-corrected chi connectivity index (χ1v) is 5.06. The van der Waals surface area contributed by atoms with E-state index >= 15 is 0 Å². The van der Waals surface area contributed by atoms with Crippen molar-refractivity contribution in [1.82, 2.24) is 10.9 Å². The number of carbonyl (C=O) groups excluding carboxylic acids is 2. The molecule has 0 fully saturated rings. The molecule has 0 saturated carbocycles. The fraction of sp³-hybridized carbons (Fsp3) is 0.111. The maximum absolute atomic E-state index is 13.0. The molecule has 0 spiro atoms. The molecule has 7 heteroatoms. The fourth-order valence-electron chi connectivity index (χ4n) is 0.869. The van der Waals surface area contributed by atoms with Crippen LogP contribution in [0.15, 0.2) is 18.2 Å². The average molecular weight is 265 g/mol. The molecule has 2 amide bonds. The van der Waals surface area contributed by atoms with Gasteiger partial charge in [0.2, 0.25) is 0 Å². The lowest BCUT2D eigenvalue weighted by Crippen LogP contribution is -2.42. The summed E-state index contributed by atoms with van der Waals surface area (Å²) in [5.74, 6) is -2.22. The summed E-state index contributed by atoms with van der Waals surface area (Å²) in [5.41, 5.74) is 4.14. The lowest BCUT2D eigenvalue weighted by atomic mass is 10.2. The Labute approximate surface area is 101 Å². The van der Waals surface area contributed by atoms with E-state index in [1.165, 1.54) is 12.1 Å². The number of rotatable bonds is 2. The third-order valence-electron chi connectivity index (χ3n) is 1.62. The van der Waals surface area contributed by atoms with Gasteiger partial charge in [0, 0.05) is 5.56 Å². The Morgan fingerprint density at radius 3 is 2.56 bits per heavy atom. The smallest absolute Gasteiger partial charge is 0.269 e. The Hall–Kier alpha value is -1.33. The average Bonchev–Trinajstić information content (AvgIpc) is 2.29. The van der Waals surface area contributed by atoms with Crippen LogP contribution in [-0.2, 0) is 4.79 Å². The highest BCUT2D eigenvalue weighted by molar-refractivity contribution is 6.30. The summed E-state index contributed by atoms with van der Waals surface area (Å²) in [6.45, 7) is 0. The third-order valence-corrected chi connectivity index (χ3v) is 2.17. The molecule has 0 aliphatic carbocycles. The molecule has 0 atom stereocenters. The molecule has 2 N–H and O–H groups in total. The number of amides is 2. The predicted molar refractivity (Wildman–Crippen MR) is 57.7 cm³/mol. The molecule has 0 saturated heterocycles. The summed E-state index contributed by atoms with van der Waals surface area (Å²) in [7, 11) is 0. The highest BCUT2D eigenvalue weighted by Gasteiger charge is 2.09. The van der Waals surface area contributed by atoms with Crippen molar-refractivity contribution < 1.29 is 14.0 Å². The minimum atomic E-state index is -0.710. The summed E-state index contributed by atoms with van der Waals surface area (Å²) >= 11 is 10.6. The highest BCUT2D eigenvalue weighted by atomic mass is 35.5. The van der Waals surface area contributed by atoms with E-state index in [0.29, 0.717) is 0 Å². The standard InChI is InChI=1S/C9H7Cl2FN2O2/c10-4-8(15)13-14-9(16)5-1-2-6(11)7(12)3-5/h1-3H,4H2,(H,13,15)(H,14,16). The van der Waals surface area contributed by atoms with Crippen LogP contribution in [0.3, 0.4) is 0 Å². The van der Waals surface area contributed by atoms with Crippen molar-refractivity contribution in [3.63, 3.8) is 0 Å². The van der Waals surface area contributed by atoms with Gasteiger partial charge in [-0.15, -0.1) is 11.6 Å². The fourth-order valence-corrected chi connectivity index (χ4v) is 1.05. The number of benzene rings is 1. The van der Waals surface area contributed by atoms with Gasteiger partial charge in [0.05, 0.1) is 5.02 Å². The van der Waals surface area contributed by atoms with Gasteiger partial charge in [-0.3, -0.25) is 20.4 Å². The molecule has 0 aliphatic heterocycles. The zero-order chi connectivity index (χ0) is 12.1. The molecule has 0 bridgehead atoms. The van der Waals surface area contributed by atoms with Gasteiger partial charge in [-0.1, -0.05) is 11.6 Å². The number of alkyl halides is 1. The topological polar surface area (TPSA) is 58.2 Å².